The Balaban J connectivity index is 1.53. The van der Waals surface area contributed by atoms with Crippen LogP contribution < -0.4 is 10.6 Å². The van der Waals surface area contributed by atoms with Gasteiger partial charge in [0, 0.05) is 18.8 Å². The van der Waals surface area contributed by atoms with Crippen LogP contribution in [0.4, 0.5) is 15.6 Å². The summed E-state index contributed by atoms with van der Waals surface area (Å²) in [5, 5.41) is 14.6. The van der Waals surface area contributed by atoms with E-state index in [-0.39, 0.29) is 17.7 Å². The van der Waals surface area contributed by atoms with Gasteiger partial charge in [0.05, 0.1) is 5.75 Å². The van der Waals surface area contributed by atoms with Gasteiger partial charge in [-0.05, 0) is 24.1 Å². The second-order valence-corrected chi connectivity index (χ2v) is 7.31. The summed E-state index contributed by atoms with van der Waals surface area (Å²) >= 11 is 2.67. The van der Waals surface area contributed by atoms with Crippen LogP contribution in [0.15, 0.2) is 28.6 Å². The molecule has 1 aromatic carbocycles. The van der Waals surface area contributed by atoms with Crippen molar-refractivity contribution >= 4 is 45.9 Å². The Hall–Kier alpha value is -2.13. The molecule has 1 aliphatic heterocycles. The van der Waals surface area contributed by atoms with Crippen LogP contribution in [0.3, 0.4) is 0 Å². The molecule has 126 valence electrons. The third-order valence-corrected chi connectivity index (χ3v) is 5.45. The Labute approximate surface area is 147 Å². The van der Waals surface area contributed by atoms with E-state index in [1.165, 1.54) is 33.6 Å². The molecule has 0 unspecified atom stereocenters. The molecular weight excluding hydrogens is 346 g/mol. The van der Waals surface area contributed by atoms with Gasteiger partial charge in [-0.25, -0.2) is 4.79 Å². The number of urea groups is 1. The van der Waals surface area contributed by atoms with Gasteiger partial charge >= 0.3 is 6.03 Å². The van der Waals surface area contributed by atoms with Crippen LogP contribution in [0.2, 0.25) is 0 Å². The van der Waals surface area contributed by atoms with Crippen molar-refractivity contribution in [2.45, 2.75) is 17.7 Å². The molecule has 0 saturated carbocycles. The van der Waals surface area contributed by atoms with Crippen molar-refractivity contribution in [1.29, 1.82) is 0 Å². The number of carbonyl (C=O) groups is 2. The number of imide groups is 1. The summed E-state index contributed by atoms with van der Waals surface area (Å²) in [4.78, 5) is 24.6. The first-order chi connectivity index (χ1) is 11.7. The van der Waals surface area contributed by atoms with E-state index in [0.717, 1.165) is 12.1 Å². The molecule has 1 aromatic heterocycles. The minimum Gasteiger partial charge on any atom is -0.336 e. The van der Waals surface area contributed by atoms with Crippen LogP contribution in [-0.4, -0.2) is 45.9 Å². The third-order valence-electron chi connectivity index (χ3n) is 3.50. The maximum atomic E-state index is 12.0. The smallest absolute Gasteiger partial charge is 0.324 e. The first-order valence-electron chi connectivity index (χ1n) is 7.56. The molecule has 7 nitrogen and oxygen atoms in total. The molecule has 0 spiro atoms. The highest BCUT2D eigenvalue weighted by Gasteiger charge is 2.26. The Morgan fingerprint density at radius 3 is 2.83 bits per heavy atom. The topological polar surface area (TPSA) is 87.2 Å². The van der Waals surface area contributed by atoms with Crippen LogP contribution in [0.5, 0.6) is 0 Å². The fraction of sp³-hybridized carbons (Fsp3) is 0.333. The van der Waals surface area contributed by atoms with Crippen molar-refractivity contribution in [3.8, 4) is 0 Å². The standard InChI is InChI=1S/C15H17N5O2S2/c1-2-10-3-5-11(6-4-10)17-13-18-19-15(24-13)23-9-12(21)20-8-7-16-14(20)22/h3-6H,2,7-9H2,1H3,(H,16,22)(H,17,18). The van der Waals surface area contributed by atoms with E-state index in [1.54, 1.807) is 0 Å². The van der Waals surface area contributed by atoms with Crippen molar-refractivity contribution in [2.75, 3.05) is 24.2 Å². The van der Waals surface area contributed by atoms with E-state index >= 15 is 0 Å². The Kier molecular flexibility index (Phi) is 5.31. The molecule has 2 heterocycles. The van der Waals surface area contributed by atoms with Crippen molar-refractivity contribution in [2.24, 2.45) is 0 Å². The summed E-state index contributed by atoms with van der Waals surface area (Å²) in [7, 11) is 0. The minimum absolute atomic E-state index is 0.174. The first kappa shape index (κ1) is 16.7. The maximum Gasteiger partial charge on any atom is 0.324 e. The molecule has 1 aliphatic rings. The number of rotatable bonds is 6. The molecule has 1 fully saturated rings. The van der Waals surface area contributed by atoms with Crippen molar-refractivity contribution in [3.63, 3.8) is 0 Å². The molecule has 3 rings (SSSR count). The number of thioether (sulfide) groups is 1. The molecule has 1 saturated heterocycles. The molecule has 9 heteroatoms. The van der Waals surface area contributed by atoms with E-state index < -0.39 is 0 Å². The number of nitrogens with zero attached hydrogens (tertiary/aromatic N) is 3. The van der Waals surface area contributed by atoms with Gasteiger partial charge in [-0.3, -0.25) is 9.69 Å². The number of hydrogen-bond acceptors (Lipinski definition) is 7. The number of aromatic nitrogens is 2. The van der Waals surface area contributed by atoms with E-state index in [2.05, 4.69) is 39.9 Å². The summed E-state index contributed by atoms with van der Waals surface area (Å²) in [6, 6.07) is 7.82. The van der Waals surface area contributed by atoms with Crippen LogP contribution >= 0.6 is 23.1 Å². The van der Waals surface area contributed by atoms with Crippen LogP contribution in [-0.2, 0) is 11.2 Å². The van der Waals surface area contributed by atoms with Gasteiger partial charge in [-0.1, -0.05) is 42.2 Å². The normalized spacial score (nSPS) is 13.9. The SMILES string of the molecule is CCc1ccc(Nc2nnc(SCC(=O)N3CCNC3=O)s2)cc1. The summed E-state index contributed by atoms with van der Waals surface area (Å²) < 4.78 is 0.690. The molecule has 0 atom stereocenters. The van der Waals surface area contributed by atoms with Crippen LogP contribution in [0.25, 0.3) is 0 Å². The quantitative estimate of drug-likeness (QED) is 0.767. The van der Waals surface area contributed by atoms with Crippen molar-refractivity contribution in [1.82, 2.24) is 20.4 Å². The van der Waals surface area contributed by atoms with Gasteiger partial charge in [0.15, 0.2) is 4.34 Å². The minimum atomic E-state index is -0.323. The van der Waals surface area contributed by atoms with E-state index in [9.17, 15) is 9.59 Å². The fourth-order valence-electron chi connectivity index (χ4n) is 2.18. The summed E-state index contributed by atoms with van der Waals surface area (Å²) in [5.74, 6) is -0.0392. The number of hydrogen-bond donors (Lipinski definition) is 2. The zero-order valence-electron chi connectivity index (χ0n) is 13.1. The largest absolute Gasteiger partial charge is 0.336 e. The highest BCUT2D eigenvalue weighted by atomic mass is 32.2. The Bertz CT molecular complexity index is 732. The Morgan fingerprint density at radius 1 is 1.38 bits per heavy atom. The first-order valence-corrected chi connectivity index (χ1v) is 9.36. The zero-order valence-corrected chi connectivity index (χ0v) is 14.7. The Morgan fingerprint density at radius 2 is 2.17 bits per heavy atom. The van der Waals surface area contributed by atoms with Crippen LogP contribution in [0, 0.1) is 0 Å². The zero-order chi connectivity index (χ0) is 16.9. The van der Waals surface area contributed by atoms with Gasteiger partial charge in [-0.2, -0.15) is 0 Å². The number of amides is 3. The summed E-state index contributed by atoms with van der Waals surface area (Å²) in [5.41, 5.74) is 2.23. The van der Waals surface area contributed by atoms with Gasteiger partial charge in [0.2, 0.25) is 11.0 Å². The fourth-order valence-corrected chi connectivity index (χ4v) is 3.83. The van der Waals surface area contributed by atoms with E-state index in [4.69, 9.17) is 0 Å². The van der Waals surface area contributed by atoms with Gasteiger partial charge < -0.3 is 10.6 Å². The van der Waals surface area contributed by atoms with E-state index in [1.807, 2.05) is 12.1 Å². The lowest BCUT2D eigenvalue weighted by molar-refractivity contribution is -0.124. The highest BCUT2D eigenvalue weighted by molar-refractivity contribution is 8.01. The second-order valence-electron chi connectivity index (χ2n) is 5.11. The second kappa shape index (κ2) is 7.63. The molecule has 24 heavy (non-hydrogen) atoms. The molecule has 3 amide bonds. The average Bonchev–Trinajstić information content (AvgIpc) is 3.22. The average molecular weight is 363 g/mol. The maximum absolute atomic E-state index is 12.0. The van der Waals surface area contributed by atoms with Gasteiger partial charge in [-0.15, -0.1) is 10.2 Å². The van der Waals surface area contributed by atoms with E-state index in [0.29, 0.717) is 22.6 Å². The molecule has 0 bridgehead atoms. The predicted molar refractivity (Wildman–Crippen MR) is 94.8 cm³/mol. The summed E-state index contributed by atoms with van der Waals surface area (Å²) in [6.45, 7) is 3.05. The molecule has 2 aromatic rings. The van der Waals surface area contributed by atoms with Crippen molar-refractivity contribution < 1.29 is 9.59 Å². The third kappa shape index (κ3) is 4.04. The number of carbonyl (C=O) groups excluding carboxylic acids is 2. The number of benzene rings is 1. The highest BCUT2D eigenvalue weighted by Crippen LogP contribution is 2.28. The lowest BCUT2D eigenvalue weighted by atomic mass is 10.1. The predicted octanol–water partition coefficient (Wildman–Crippen LogP) is 2.49. The monoisotopic (exact) mass is 363 g/mol. The molecular formula is C15H17N5O2S2. The lowest BCUT2D eigenvalue weighted by Gasteiger charge is -2.10. The van der Waals surface area contributed by atoms with Gasteiger partial charge in [0.25, 0.3) is 0 Å². The molecule has 0 radical (unpaired) electrons. The van der Waals surface area contributed by atoms with Gasteiger partial charge in [0.1, 0.15) is 0 Å². The molecule has 0 aliphatic carbocycles. The number of aryl methyl sites for hydroxylation is 1. The number of nitrogens with one attached hydrogen (secondary N) is 2. The number of anilines is 2. The lowest BCUT2D eigenvalue weighted by Crippen LogP contribution is -2.35. The van der Waals surface area contributed by atoms with Crippen LogP contribution in [0.1, 0.15) is 12.5 Å². The molecule has 2 N–H and O–H groups in total. The summed E-state index contributed by atoms with van der Waals surface area (Å²) in [6.07, 6.45) is 1.00. The van der Waals surface area contributed by atoms with Crippen molar-refractivity contribution in [3.05, 3.63) is 29.8 Å².